The van der Waals surface area contributed by atoms with Crippen LogP contribution < -0.4 is 10.4 Å². The highest BCUT2D eigenvalue weighted by atomic mass is 16.7. The fraction of sp³-hybridized carbons (Fsp3) is 0.200. The largest absolute Gasteiger partial charge is 0.494 e. The number of anilines is 3. The van der Waals surface area contributed by atoms with E-state index in [-0.39, 0.29) is 5.46 Å². The summed E-state index contributed by atoms with van der Waals surface area (Å²) in [6, 6.07) is -15.9. The van der Waals surface area contributed by atoms with E-state index in [1.54, 1.807) is 27.7 Å². The number of para-hydroxylation sites is 1. The van der Waals surface area contributed by atoms with Crippen molar-refractivity contribution in [3.8, 4) is 11.1 Å². The Morgan fingerprint density at radius 3 is 1.50 bits per heavy atom. The van der Waals surface area contributed by atoms with Crippen molar-refractivity contribution in [2.24, 2.45) is 0 Å². The quantitative estimate of drug-likeness (QED) is 0.293. The SMILES string of the molecule is [2H]c1c([2H])c([2H])c(-c2c([2H])c([2H])c(N(c3c([2H])c([2H])c([2H])c([2H])c3[2H])c3c([2H])c([2H])c(B4OC(C)(C)C(C)(C)O4)c([2H])c3[2H])c([2H])c2[2H])c([2H])c1[2H]. The van der Waals surface area contributed by atoms with Gasteiger partial charge >= 0.3 is 7.12 Å². The van der Waals surface area contributed by atoms with Crippen LogP contribution in [-0.4, -0.2) is 18.3 Å². The Kier molecular flexibility index (Phi) is 2.51. The average Bonchev–Trinajstić information content (AvgIpc) is 3.29. The molecule has 0 amide bonds. The van der Waals surface area contributed by atoms with Crippen molar-refractivity contribution in [1.29, 1.82) is 0 Å². The second-order valence-electron chi connectivity index (χ2n) is 8.38. The summed E-state index contributed by atoms with van der Waals surface area (Å²) in [5.74, 6) is 0. The molecule has 0 unspecified atom stereocenters. The Labute approximate surface area is 228 Å². The summed E-state index contributed by atoms with van der Waals surface area (Å²) >= 11 is 0. The van der Waals surface area contributed by atoms with Crippen LogP contribution in [0.2, 0.25) is 0 Å². The van der Waals surface area contributed by atoms with Crippen molar-refractivity contribution < 1.29 is 34.0 Å². The highest BCUT2D eigenvalue weighted by Gasteiger charge is 2.51. The lowest BCUT2D eigenvalue weighted by Gasteiger charge is -2.32. The fourth-order valence-corrected chi connectivity index (χ4v) is 3.11. The Hall–Kier alpha value is -3.34. The van der Waals surface area contributed by atoms with Gasteiger partial charge < -0.3 is 14.2 Å². The van der Waals surface area contributed by atoms with Gasteiger partial charge in [0.1, 0.15) is 0 Å². The molecular weight excluding hydrogens is 417 g/mol. The van der Waals surface area contributed by atoms with E-state index in [9.17, 15) is 0 Å². The molecule has 0 spiro atoms. The molecule has 0 bridgehead atoms. The summed E-state index contributed by atoms with van der Waals surface area (Å²) in [5.41, 5.74) is -6.18. The number of rotatable bonds is 5. The molecule has 0 aromatic heterocycles. The molecule has 0 aliphatic carbocycles. The van der Waals surface area contributed by atoms with E-state index in [0.29, 0.717) is 4.90 Å². The molecule has 4 aromatic rings. The maximum absolute atomic E-state index is 9.08. The van der Waals surface area contributed by atoms with Crippen LogP contribution >= 0.6 is 0 Å². The first-order valence-electron chi connectivity index (χ1n) is 19.3. The predicted molar refractivity (Wildman–Crippen MR) is 142 cm³/mol. The summed E-state index contributed by atoms with van der Waals surface area (Å²) in [6.07, 6.45) is 0. The van der Waals surface area contributed by atoms with Crippen molar-refractivity contribution in [3.63, 3.8) is 0 Å². The third-order valence-electron chi connectivity index (χ3n) is 5.64. The predicted octanol–water partition coefficient (Wildman–Crippen LogP) is 7.12. The van der Waals surface area contributed by atoms with Gasteiger partial charge in [0.05, 0.1) is 35.9 Å². The van der Waals surface area contributed by atoms with E-state index < -0.39 is 155 Å². The molecule has 4 aromatic carbocycles. The van der Waals surface area contributed by atoms with Gasteiger partial charge in [-0.1, -0.05) is 72.5 Å². The standard InChI is InChI=1S/C30H30BNO2/c1-29(2)30(3,4)34-31(33-29)25-17-21-28(22-18-25)32(26-13-9-6-10-14-26)27-19-15-24(16-20-27)23-11-7-5-8-12-23/h5-22H,1-4H3/i5D,6D,7D,8D,9D,10D,11D,12D,13D,14D,15D,16D,17D,18D,19D,20D,21D,22D. The maximum atomic E-state index is 9.08. The molecule has 1 aliphatic heterocycles. The van der Waals surface area contributed by atoms with E-state index in [1.807, 2.05) is 0 Å². The van der Waals surface area contributed by atoms with E-state index >= 15 is 0 Å². The minimum atomic E-state index is -1.41. The van der Waals surface area contributed by atoms with Crippen LogP contribution in [0.15, 0.2) is 109 Å². The molecule has 0 radical (unpaired) electrons. The summed E-state index contributed by atoms with van der Waals surface area (Å²) in [7, 11) is -1.41. The van der Waals surface area contributed by atoms with Gasteiger partial charge in [0.25, 0.3) is 0 Å². The Morgan fingerprint density at radius 2 is 0.971 bits per heavy atom. The van der Waals surface area contributed by atoms with E-state index in [2.05, 4.69) is 0 Å². The molecule has 5 rings (SSSR count). The topological polar surface area (TPSA) is 21.7 Å². The molecular formula is C30H30BNO2. The first-order chi connectivity index (χ1) is 23.8. The summed E-state index contributed by atoms with van der Waals surface area (Å²) < 4.78 is 167. The van der Waals surface area contributed by atoms with Gasteiger partial charge in [0.2, 0.25) is 0 Å². The zero-order valence-electron chi connectivity index (χ0n) is 36.8. The zero-order chi connectivity index (χ0) is 39.4. The van der Waals surface area contributed by atoms with E-state index in [1.165, 1.54) is 0 Å². The fourth-order valence-electron chi connectivity index (χ4n) is 3.11. The van der Waals surface area contributed by atoms with Gasteiger partial charge in [-0.2, -0.15) is 0 Å². The molecule has 34 heavy (non-hydrogen) atoms. The molecule has 170 valence electrons. The molecule has 0 saturated carbocycles. The highest BCUT2D eigenvalue weighted by Crippen LogP contribution is 2.38. The van der Waals surface area contributed by atoms with Gasteiger partial charge in [0, 0.05) is 17.1 Å². The van der Waals surface area contributed by atoms with Crippen LogP contribution in [0.4, 0.5) is 17.1 Å². The first kappa shape index (κ1) is 9.73. The monoisotopic (exact) mass is 465 g/mol. The normalized spacial score (nSPS) is 23.8. The van der Waals surface area contributed by atoms with Gasteiger partial charge in [-0.05, 0) is 80.5 Å². The van der Waals surface area contributed by atoms with Gasteiger partial charge in [0.15, 0.2) is 0 Å². The van der Waals surface area contributed by atoms with Crippen molar-refractivity contribution >= 4 is 29.6 Å². The Balaban J connectivity index is 1.94. The molecule has 0 atom stereocenters. The van der Waals surface area contributed by atoms with Crippen LogP contribution in [0, 0.1) is 0 Å². The third-order valence-corrected chi connectivity index (χ3v) is 5.64. The van der Waals surface area contributed by atoms with Crippen LogP contribution in [-0.2, 0) is 9.31 Å². The third kappa shape index (κ3) is 4.27. The highest BCUT2D eigenvalue weighted by molar-refractivity contribution is 6.62. The lowest BCUT2D eigenvalue weighted by Crippen LogP contribution is -2.41. The van der Waals surface area contributed by atoms with Crippen molar-refractivity contribution in [3.05, 3.63) is 109 Å². The summed E-state index contributed by atoms with van der Waals surface area (Å²) in [6.45, 7) is 6.81. The van der Waals surface area contributed by atoms with Crippen LogP contribution in [0.25, 0.3) is 11.1 Å². The van der Waals surface area contributed by atoms with E-state index in [0.717, 1.165) is 0 Å². The minimum Gasteiger partial charge on any atom is -0.399 e. The maximum Gasteiger partial charge on any atom is 0.494 e. The van der Waals surface area contributed by atoms with Gasteiger partial charge in [-0.25, -0.2) is 0 Å². The second kappa shape index (κ2) is 8.79. The lowest BCUT2D eigenvalue weighted by molar-refractivity contribution is 0.00578. The second-order valence-corrected chi connectivity index (χ2v) is 8.38. The smallest absolute Gasteiger partial charge is 0.399 e. The van der Waals surface area contributed by atoms with Crippen LogP contribution in [0.1, 0.15) is 52.4 Å². The molecule has 1 heterocycles. The van der Waals surface area contributed by atoms with E-state index in [4.69, 9.17) is 34.0 Å². The summed E-state index contributed by atoms with van der Waals surface area (Å²) in [4.78, 5) is 0.529. The van der Waals surface area contributed by atoms with Gasteiger partial charge in [-0.3, -0.25) is 0 Å². The van der Waals surface area contributed by atoms with Crippen molar-refractivity contribution in [1.82, 2.24) is 0 Å². The number of nitrogens with zero attached hydrogens (tertiary/aromatic N) is 1. The number of hydrogen-bond donors (Lipinski definition) is 0. The lowest BCUT2D eigenvalue weighted by atomic mass is 9.79. The average molecular weight is 465 g/mol. The Bertz CT molecular complexity index is 2090. The molecule has 3 nitrogen and oxygen atoms in total. The minimum absolute atomic E-state index is 0.338. The molecule has 1 aliphatic rings. The molecule has 4 heteroatoms. The van der Waals surface area contributed by atoms with Crippen molar-refractivity contribution in [2.45, 2.75) is 38.9 Å². The Morgan fingerprint density at radius 1 is 0.559 bits per heavy atom. The zero-order valence-corrected chi connectivity index (χ0v) is 18.8. The molecule has 0 N–H and O–H groups in total. The molecule has 1 saturated heterocycles. The summed E-state index contributed by atoms with van der Waals surface area (Å²) in [5, 5.41) is 0. The van der Waals surface area contributed by atoms with Crippen LogP contribution in [0.5, 0.6) is 0 Å². The molecule has 1 fully saturated rings. The van der Waals surface area contributed by atoms with Crippen LogP contribution in [0.3, 0.4) is 0 Å². The van der Waals surface area contributed by atoms with Gasteiger partial charge in [-0.15, -0.1) is 0 Å². The number of benzene rings is 4. The number of hydrogen-bond acceptors (Lipinski definition) is 3. The first-order valence-corrected chi connectivity index (χ1v) is 10.3. The van der Waals surface area contributed by atoms with Crippen molar-refractivity contribution in [2.75, 3.05) is 4.90 Å².